The van der Waals surface area contributed by atoms with E-state index in [1.165, 1.54) is 65.9 Å². The Bertz CT molecular complexity index is 3120. The van der Waals surface area contributed by atoms with Crippen LogP contribution >= 0.6 is 0 Å². The van der Waals surface area contributed by atoms with Gasteiger partial charge in [0.1, 0.15) is 11.2 Å². The topological polar surface area (TPSA) is 23.0 Å². The first-order valence-corrected chi connectivity index (χ1v) is 17.4. The molecule has 0 aliphatic carbocycles. The summed E-state index contributed by atoms with van der Waals surface area (Å²) in [4.78, 5) is 0. The van der Waals surface area contributed by atoms with E-state index in [-0.39, 0.29) is 0 Å². The van der Waals surface area contributed by atoms with Gasteiger partial charge in [-0.1, -0.05) is 115 Å². The summed E-state index contributed by atoms with van der Waals surface area (Å²) in [7, 11) is 0. The Labute approximate surface area is 293 Å². The summed E-state index contributed by atoms with van der Waals surface area (Å²) in [5, 5.41) is 7.29. The SMILES string of the molecule is c1ccc(-c2cccc(-c3ccc(-n4c5ccccc5c5c6c7ccccc7n(-c7ccc8oc9ccccc9c8c7)c6ccc54)cc3)c2)cc1. The minimum Gasteiger partial charge on any atom is -0.456 e. The molecule has 3 aromatic heterocycles. The van der Waals surface area contributed by atoms with Crippen LogP contribution < -0.4 is 0 Å². The van der Waals surface area contributed by atoms with E-state index in [0.29, 0.717) is 0 Å². The average Bonchev–Trinajstić information content (AvgIpc) is 3.86. The van der Waals surface area contributed by atoms with Crippen LogP contribution in [0.2, 0.25) is 0 Å². The Morgan fingerprint density at radius 2 is 0.804 bits per heavy atom. The molecule has 0 saturated carbocycles. The molecule has 3 heterocycles. The minimum atomic E-state index is 0.904. The van der Waals surface area contributed by atoms with Crippen LogP contribution in [0.1, 0.15) is 0 Å². The van der Waals surface area contributed by atoms with Crippen molar-refractivity contribution < 1.29 is 4.42 Å². The van der Waals surface area contributed by atoms with Crippen LogP contribution in [-0.2, 0) is 0 Å². The van der Waals surface area contributed by atoms with E-state index in [1.54, 1.807) is 0 Å². The fraction of sp³-hybridized carbons (Fsp3) is 0. The van der Waals surface area contributed by atoms with Crippen LogP contribution in [0.5, 0.6) is 0 Å². The van der Waals surface area contributed by atoms with Gasteiger partial charge in [0, 0.05) is 43.7 Å². The normalized spacial score (nSPS) is 11.9. The first-order valence-electron chi connectivity index (χ1n) is 17.4. The molecule has 8 aromatic carbocycles. The zero-order valence-corrected chi connectivity index (χ0v) is 27.6. The van der Waals surface area contributed by atoms with Crippen molar-refractivity contribution in [2.45, 2.75) is 0 Å². The Morgan fingerprint density at radius 3 is 1.49 bits per heavy atom. The number of rotatable bonds is 4. The summed E-state index contributed by atoms with van der Waals surface area (Å²) < 4.78 is 11.0. The van der Waals surface area contributed by atoms with Crippen LogP contribution in [0.3, 0.4) is 0 Å². The summed E-state index contributed by atoms with van der Waals surface area (Å²) in [6, 6.07) is 65.5. The number of hydrogen-bond acceptors (Lipinski definition) is 1. The molecule has 0 bridgehead atoms. The van der Waals surface area contributed by atoms with E-state index in [0.717, 1.165) is 33.3 Å². The Hall–Kier alpha value is -6.84. The largest absolute Gasteiger partial charge is 0.456 e. The molecule has 0 aliphatic rings. The molecule has 11 aromatic rings. The highest BCUT2D eigenvalue weighted by molar-refractivity contribution is 6.29. The summed E-state index contributed by atoms with van der Waals surface area (Å²) in [6.07, 6.45) is 0. The van der Waals surface area contributed by atoms with Crippen molar-refractivity contribution in [2.75, 3.05) is 0 Å². The quantitative estimate of drug-likeness (QED) is 0.186. The summed E-state index contributed by atoms with van der Waals surface area (Å²) in [5.41, 5.74) is 13.7. The van der Waals surface area contributed by atoms with Gasteiger partial charge >= 0.3 is 0 Å². The molecular weight excluding hydrogens is 621 g/mol. The number of para-hydroxylation sites is 3. The van der Waals surface area contributed by atoms with Gasteiger partial charge in [0.05, 0.1) is 22.1 Å². The monoisotopic (exact) mass is 650 g/mol. The lowest BCUT2D eigenvalue weighted by atomic mass is 9.99. The minimum absolute atomic E-state index is 0.904. The van der Waals surface area contributed by atoms with Gasteiger partial charge in [-0.25, -0.2) is 0 Å². The molecule has 0 atom stereocenters. The third kappa shape index (κ3) is 4.19. The smallest absolute Gasteiger partial charge is 0.135 e. The zero-order chi connectivity index (χ0) is 33.5. The molecule has 0 unspecified atom stereocenters. The number of fused-ring (bicyclic) bond motifs is 10. The first-order chi connectivity index (χ1) is 25.3. The van der Waals surface area contributed by atoms with Crippen molar-refractivity contribution in [3.05, 3.63) is 182 Å². The van der Waals surface area contributed by atoms with E-state index in [1.807, 2.05) is 12.1 Å². The molecular formula is C48H30N2O. The van der Waals surface area contributed by atoms with E-state index < -0.39 is 0 Å². The lowest BCUT2D eigenvalue weighted by Gasteiger charge is -2.11. The van der Waals surface area contributed by atoms with Crippen molar-refractivity contribution in [1.29, 1.82) is 0 Å². The van der Waals surface area contributed by atoms with Gasteiger partial charge in [0.2, 0.25) is 0 Å². The molecule has 0 saturated heterocycles. The van der Waals surface area contributed by atoms with Gasteiger partial charge in [0.15, 0.2) is 0 Å². The molecule has 238 valence electrons. The van der Waals surface area contributed by atoms with Crippen molar-refractivity contribution in [2.24, 2.45) is 0 Å². The fourth-order valence-electron chi connectivity index (χ4n) is 8.24. The Morgan fingerprint density at radius 1 is 0.294 bits per heavy atom. The van der Waals surface area contributed by atoms with Crippen LogP contribution in [-0.4, -0.2) is 9.13 Å². The molecule has 0 radical (unpaired) electrons. The van der Waals surface area contributed by atoms with E-state index >= 15 is 0 Å². The first kappa shape index (κ1) is 28.0. The zero-order valence-electron chi connectivity index (χ0n) is 27.6. The second kappa shape index (κ2) is 10.8. The van der Waals surface area contributed by atoms with Crippen LogP contribution in [0.25, 0.3) is 99.2 Å². The number of aromatic nitrogens is 2. The maximum absolute atomic E-state index is 6.19. The maximum Gasteiger partial charge on any atom is 0.135 e. The number of furan rings is 1. The van der Waals surface area contributed by atoms with E-state index in [2.05, 4.69) is 179 Å². The van der Waals surface area contributed by atoms with Gasteiger partial charge in [-0.3, -0.25) is 0 Å². The molecule has 11 rings (SSSR count). The van der Waals surface area contributed by atoms with Gasteiger partial charge in [-0.2, -0.15) is 0 Å². The molecule has 51 heavy (non-hydrogen) atoms. The number of hydrogen-bond donors (Lipinski definition) is 0. The van der Waals surface area contributed by atoms with Gasteiger partial charge in [0.25, 0.3) is 0 Å². The van der Waals surface area contributed by atoms with Gasteiger partial charge < -0.3 is 13.6 Å². The average molecular weight is 651 g/mol. The van der Waals surface area contributed by atoms with Crippen molar-refractivity contribution >= 4 is 65.6 Å². The van der Waals surface area contributed by atoms with Crippen LogP contribution in [0.4, 0.5) is 0 Å². The van der Waals surface area contributed by atoms with E-state index in [4.69, 9.17) is 4.42 Å². The Balaban J connectivity index is 1.11. The molecule has 3 heteroatoms. The summed E-state index contributed by atoms with van der Waals surface area (Å²) >= 11 is 0. The van der Waals surface area contributed by atoms with E-state index in [9.17, 15) is 0 Å². The highest BCUT2D eigenvalue weighted by Crippen LogP contribution is 2.43. The van der Waals surface area contributed by atoms with Crippen LogP contribution in [0.15, 0.2) is 186 Å². The predicted molar refractivity (Wildman–Crippen MR) is 213 cm³/mol. The Kier molecular flexibility index (Phi) is 5.96. The fourth-order valence-corrected chi connectivity index (χ4v) is 8.24. The molecule has 0 spiro atoms. The number of benzene rings is 8. The third-order valence-electron chi connectivity index (χ3n) is 10.5. The standard InChI is InChI=1S/C48H30N2O/c1-2-11-31(12-3-1)33-13-10-14-34(29-33)32-21-23-35(24-22-32)49-41-18-7-4-16-38(41)47-43(49)26-27-44-48(47)39-17-5-8-19-42(39)50(44)36-25-28-46-40(30-36)37-15-6-9-20-45(37)51-46/h1-30H. The predicted octanol–water partition coefficient (Wildman–Crippen LogP) is 13.1. The second-order valence-corrected chi connectivity index (χ2v) is 13.3. The number of nitrogens with zero attached hydrogens (tertiary/aromatic N) is 2. The van der Waals surface area contributed by atoms with Crippen molar-refractivity contribution in [1.82, 2.24) is 9.13 Å². The van der Waals surface area contributed by atoms with Crippen molar-refractivity contribution in [3.8, 4) is 33.6 Å². The lowest BCUT2D eigenvalue weighted by Crippen LogP contribution is -1.95. The molecule has 0 N–H and O–H groups in total. The van der Waals surface area contributed by atoms with Gasteiger partial charge in [-0.05, 0) is 89.0 Å². The third-order valence-corrected chi connectivity index (χ3v) is 10.5. The molecule has 0 fully saturated rings. The van der Waals surface area contributed by atoms with Gasteiger partial charge in [-0.15, -0.1) is 0 Å². The summed E-state index contributed by atoms with van der Waals surface area (Å²) in [5.74, 6) is 0. The summed E-state index contributed by atoms with van der Waals surface area (Å²) in [6.45, 7) is 0. The highest BCUT2D eigenvalue weighted by Gasteiger charge is 2.21. The van der Waals surface area contributed by atoms with Crippen molar-refractivity contribution in [3.63, 3.8) is 0 Å². The molecule has 0 amide bonds. The molecule has 3 nitrogen and oxygen atoms in total. The maximum atomic E-state index is 6.19. The highest BCUT2D eigenvalue weighted by atomic mass is 16.3. The second-order valence-electron chi connectivity index (χ2n) is 13.3. The molecule has 0 aliphatic heterocycles. The van der Waals surface area contributed by atoms with Crippen LogP contribution in [0, 0.1) is 0 Å². The lowest BCUT2D eigenvalue weighted by molar-refractivity contribution is 0.669.